The third-order valence-corrected chi connectivity index (χ3v) is 5.12. The molecule has 1 aromatic heterocycles. The van der Waals surface area contributed by atoms with Crippen molar-refractivity contribution in [2.45, 2.75) is 40.0 Å². The van der Waals surface area contributed by atoms with Crippen molar-refractivity contribution in [1.29, 1.82) is 0 Å². The van der Waals surface area contributed by atoms with E-state index >= 15 is 0 Å². The van der Waals surface area contributed by atoms with E-state index in [1.807, 2.05) is 12.1 Å². The predicted octanol–water partition coefficient (Wildman–Crippen LogP) is 5.46. The van der Waals surface area contributed by atoms with Gasteiger partial charge in [-0.25, -0.2) is 4.57 Å². The van der Waals surface area contributed by atoms with Crippen LogP contribution in [0.25, 0.3) is 22.0 Å². The van der Waals surface area contributed by atoms with Gasteiger partial charge in [0, 0.05) is 11.6 Å². The highest BCUT2D eigenvalue weighted by Gasteiger charge is 2.18. The van der Waals surface area contributed by atoms with Crippen molar-refractivity contribution in [1.82, 2.24) is 0 Å². The van der Waals surface area contributed by atoms with Crippen molar-refractivity contribution in [3.8, 4) is 11.3 Å². The van der Waals surface area contributed by atoms with Gasteiger partial charge in [-0.3, -0.25) is 0 Å². The molecule has 23 heavy (non-hydrogen) atoms. The van der Waals surface area contributed by atoms with Crippen molar-refractivity contribution in [2.75, 3.05) is 0 Å². The molecule has 0 saturated heterocycles. The van der Waals surface area contributed by atoms with Crippen LogP contribution in [0.4, 0.5) is 0 Å². The van der Waals surface area contributed by atoms with E-state index in [2.05, 4.69) is 69.8 Å². The summed E-state index contributed by atoms with van der Waals surface area (Å²) in [6.45, 7) is 8.75. The van der Waals surface area contributed by atoms with Crippen LogP contribution in [0.1, 0.15) is 44.2 Å². The zero-order valence-corrected chi connectivity index (χ0v) is 14.8. The van der Waals surface area contributed by atoms with Crippen LogP contribution in [-0.4, -0.2) is 0 Å². The first kappa shape index (κ1) is 14.4. The van der Waals surface area contributed by atoms with Crippen molar-refractivity contribution < 1.29 is 5.94 Å². The van der Waals surface area contributed by atoms with E-state index in [0.717, 1.165) is 12.0 Å². The Morgan fingerprint density at radius 2 is 1.91 bits per heavy atom. The number of nitrogens with zero attached hydrogens (tertiary/aromatic N) is 1. The number of aromatic nitrogens is 1. The lowest BCUT2D eigenvalue weighted by molar-refractivity contribution is -0.659. The molecule has 118 valence electrons. The number of hydrogen-bond acceptors (Lipinski definition) is 0. The molecule has 0 amide bonds. The molecule has 3 rings (SSSR count). The molecule has 0 saturated carbocycles. The molecule has 0 aliphatic carbocycles. The molecule has 1 heteroatoms. The highest BCUT2D eigenvalue weighted by atomic mass is 14.9. The zero-order valence-electron chi connectivity index (χ0n) is 15.8. The quantitative estimate of drug-likeness (QED) is 0.566. The summed E-state index contributed by atoms with van der Waals surface area (Å²) >= 11 is 0. The maximum absolute atomic E-state index is 8.11. The third-order valence-electron chi connectivity index (χ3n) is 5.12. The number of rotatable bonds is 3. The normalized spacial score (nSPS) is 13.2. The summed E-state index contributed by atoms with van der Waals surface area (Å²) in [5.41, 5.74) is 6.17. The van der Waals surface area contributed by atoms with E-state index in [4.69, 9.17) is 1.37 Å². The zero-order chi connectivity index (χ0) is 17.4. The average molecular weight is 305 g/mol. The number of pyridine rings is 1. The fraction of sp³-hybridized carbons (Fsp3) is 0.318. The van der Waals surface area contributed by atoms with Gasteiger partial charge >= 0.3 is 0 Å². The predicted molar refractivity (Wildman–Crippen MR) is 98.7 cm³/mol. The van der Waals surface area contributed by atoms with Crippen LogP contribution >= 0.6 is 0 Å². The van der Waals surface area contributed by atoms with Gasteiger partial charge in [0.1, 0.15) is 7.05 Å². The lowest BCUT2D eigenvalue weighted by atomic mass is 9.93. The average Bonchev–Trinajstić information content (AvgIpc) is 2.57. The highest BCUT2D eigenvalue weighted by molar-refractivity contribution is 5.94. The molecular formula is C22H26N+. The van der Waals surface area contributed by atoms with Crippen molar-refractivity contribution >= 4 is 10.8 Å². The van der Waals surface area contributed by atoms with E-state index in [1.54, 1.807) is 0 Å². The number of aryl methyl sites for hydroxylation is 2. The molecule has 0 spiro atoms. The first-order valence-corrected chi connectivity index (χ1v) is 8.43. The first-order valence-electron chi connectivity index (χ1n) is 8.93. The van der Waals surface area contributed by atoms with Crippen LogP contribution in [0.2, 0.25) is 0 Å². The molecule has 0 N–H and O–H groups in total. The molecule has 1 nitrogen and oxygen atoms in total. The standard InChI is InChI=1S/C22H26N/c1-6-15(2)18-10-11-21-19(14-18)12-13-23(5)22(21)20-9-7-8-16(3)17(20)4/h7-15H,6H2,1-5H3/q+1/i7D. The molecule has 1 heterocycles. The number of benzene rings is 2. The second kappa shape index (κ2) is 6.16. The minimum atomic E-state index is 0.571. The lowest BCUT2D eigenvalue weighted by Crippen LogP contribution is -2.30. The molecule has 0 radical (unpaired) electrons. The molecule has 0 fully saturated rings. The summed E-state index contributed by atoms with van der Waals surface area (Å²) < 4.78 is 10.3. The molecule has 0 aliphatic heterocycles. The van der Waals surface area contributed by atoms with Gasteiger partial charge in [-0.1, -0.05) is 38.1 Å². The van der Waals surface area contributed by atoms with E-state index in [0.29, 0.717) is 12.0 Å². The van der Waals surface area contributed by atoms with Crippen LogP contribution in [0.15, 0.2) is 48.6 Å². The molecular weight excluding hydrogens is 278 g/mol. The Kier molecular flexibility index (Phi) is 3.87. The summed E-state index contributed by atoms with van der Waals surface area (Å²) in [6, 6.07) is 13.5. The smallest absolute Gasteiger partial charge is 0.200 e. The minimum Gasteiger partial charge on any atom is -0.200 e. The van der Waals surface area contributed by atoms with Gasteiger partial charge < -0.3 is 0 Å². The molecule has 2 aromatic carbocycles. The van der Waals surface area contributed by atoms with Crippen molar-refractivity contribution in [3.63, 3.8) is 0 Å². The lowest BCUT2D eigenvalue weighted by Gasteiger charge is -2.12. The van der Waals surface area contributed by atoms with Crippen LogP contribution in [-0.2, 0) is 7.05 Å². The summed E-state index contributed by atoms with van der Waals surface area (Å²) in [5, 5.41) is 2.52. The van der Waals surface area contributed by atoms with Gasteiger partial charge in [0.25, 0.3) is 0 Å². The third kappa shape index (κ3) is 2.76. The molecule has 3 aromatic rings. The van der Waals surface area contributed by atoms with Crippen molar-refractivity contribution in [2.24, 2.45) is 7.05 Å². The topological polar surface area (TPSA) is 3.88 Å². The Morgan fingerprint density at radius 3 is 2.65 bits per heavy atom. The van der Waals surface area contributed by atoms with Gasteiger partial charge in [-0.15, -0.1) is 0 Å². The number of fused-ring (bicyclic) bond motifs is 1. The van der Waals surface area contributed by atoms with Crippen LogP contribution < -0.4 is 4.57 Å². The maximum atomic E-state index is 8.11. The van der Waals surface area contributed by atoms with Crippen LogP contribution in [0.3, 0.4) is 0 Å². The van der Waals surface area contributed by atoms with Gasteiger partial charge in [0.05, 0.1) is 6.76 Å². The van der Waals surface area contributed by atoms with Gasteiger partial charge in [0.15, 0.2) is 6.20 Å². The molecule has 1 atom stereocenters. The second-order valence-corrected chi connectivity index (χ2v) is 6.61. The number of hydrogen-bond donors (Lipinski definition) is 0. The second-order valence-electron chi connectivity index (χ2n) is 6.61. The highest BCUT2D eigenvalue weighted by Crippen LogP contribution is 2.31. The largest absolute Gasteiger partial charge is 0.220 e. The van der Waals surface area contributed by atoms with Gasteiger partial charge in [-0.2, -0.15) is 0 Å². The summed E-state index contributed by atoms with van der Waals surface area (Å²) in [5.74, 6) is 0.576. The Morgan fingerprint density at radius 1 is 1.13 bits per heavy atom. The molecule has 1 unspecified atom stereocenters. The fourth-order valence-corrected chi connectivity index (χ4v) is 3.19. The van der Waals surface area contributed by atoms with Gasteiger partial charge in [-0.05, 0) is 60.4 Å². The minimum absolute atomic E-state index is 0.571. The Labute approximate surface area is 141 Å². The summed E-state index contributed by atoms with van der Waals surface area (Å²) in [4.78, 5) is 0. The summed E-state index contributed by atoms with van der Waals surface area (Å²) in [7, 11) is 2.09. The molecule has 0 aliphatic rings. The SMILES string of the molecule is [2H]c1cc(C)c(C)c(-c2c3ccc(C(C)CC)cc3cc[n+]2C)c1. The van der Waals surface area contributed by atoms with Crippen LogP contribution in [0, 0.1) is 13.8 Å². The van der Waals surface area contributed by atoms with E-state index in [9.17, 15) is 0 Å². The monoisotopic (exact) mass is 305 g/mol. The van der Waals surface area contributed by atoms with E-state index in [1.165, 1.54) is 33.2 Å². The van der Waals surface area contributed by atoms with Crippen molar-refractivity contribution in [3.05, 3.63) is 65.3 Å². The van der Waals surface area contributed by atoms with E-state index in [-0.39, 0.29) is 0 Å². The maximum Gasteiger partial charge on any atom is 0.220 e. The fourth-order valence-electron chi connectivity index (χ4n) is 3.19. The first-order chi connectivity index (χ1) is 11.4. The van der Waals surface area contributed by atoms with Crippen LogP contribution in [0.5, 0.6) is 0 Å². The Balaban J connectivity index is 2.30. The summed E-state index contributed by atoms with van der Waals surface area (Å²) in [6.07, 6.45) is 3.28. The van der Waals surface area contributed by atoms with Gasteiger partial charge in [0.2, 0.25) is 5.69 Å². The Hall–Kier alpha value is -2.15. The van der Waals surface area contributed by atoms with E-state index < -0.39 is 0 Å². The molecule has 0 bridgehead atoms. The Bertz CT molecular complexity index is 911.